The van der Waals surface area contributed by atoms with Gasteiger partial charge in [-0.05, 0) is 117 Å². The first kappa shape index (κ1) is 42.3. The Morgan fingerprint density at radius 1 is 0.885 bits per heavy atom. The van der Waals surface area contributed by atoms with Gasteiger partial charge < -0.3 is 29.3 Å². The van der Waals surface area contributed by atoms with Crippen molar-refractivity contribution in [1.82, 2.24) is 4.98 Å². The number of benzene rings is 4. The molecule has 2 fully saturated rings. The Bertz CT molecular complexity index is 2390. The van der Waals surface area contributed by atoms with Crippen LogP contribution in [0.15, 0.2) is 145 Å². The standard InChI is InChI=1S/C48H50B2N2O8Si/c1-48(2,3)61(38-15-6-4-7-16-38,39-17-8-5-9-18-39)59-31-34-28-40-45(47(55)52(46(40)54)36-14-12-13-35(29-36)50(57)58)41-30-49(56)60-43(44(34)41)25-22-33(42-19-10-11-26-51-42)27-32-20-23-37(53)24-21-32/h4-21,23-24,26-27,29,40-41,43,45,53,56-58H,22,25,28,30-31H2,1-3H3/b33-27-/t40-,41+,43-,45-/m1/s1. The highest BCUT2D eigenvalue weighted by atomic mass is 28.4. The van der Waals surface area contributed by atoms with Gasteiger partial charge in [0.15, 0.2) is 0 Å². The van der Waals surface area contributed by atoms with Crippen LogP contribution in [0, 0.1) is 17.8 Å². The summed E-state index contributed by atoms with van der Waals surface area (Å²) in [5, 5.41) is 43.3. The minimum Gasteiger partial charge on any atom is -0.508 e. The summed E-state index contributed by atoms with van der Waals surface area (Å²) in [5.41, 5.74) is 4.79. The van der Waals surface area contributed by atoms with Crippen molar-refractivity contribution >= 4 is 67.5 Å². The molecule has 10 nitrogen and oxygen atoms in total. The van der Waals surface area contributed by atoms with Gasteiger partial charge in [-0.2, -0.15) is 0 Å². The smallest absolute Gasteiger partial charge is 0.488 e. The van der Waals surface area contributed by atoms with E-state index in [9.17, 15) is 29.8 Å². The minimum absolute atomic E-state index is 0.119. The second kappa shape index (κ2) is 17.5. The van der Waals surface area contributed by atoms with E-state index in [-0.39, 0.29) is 53.1 Å². The predicted octanol–water partition coefficient (Wildman–Crippen LogP) is 5.37. The normalized spacial score (nSPS) is 20.8. The Morgan fingerprint density at radius 3 is 2.18 bits per heavy atom. The van der Waals surface area contributed by atoms with Crippen molar-refractivity contribution in [3.8, 4) is 5.75 Å². The molecule has 0 unspecified atom stereocenters. The second-order valence-electron chi connectivity index (χ2n) is 17.3. The molecule has 5 aromatic rings. The molecule has 0 radical (unpaired) electrons. The first-order valence-corrected chi connectivity index (χ1v) is 22.8. The lowest BCUT2D eigenvalue weighted by Crippen LogP contribution is -2.66. The number of imide groups is 1. The Labute approximate surface area is 358 Å². The number of hydrogen-bond acceptors (Lipinski definition) is 9. The zero-order chi connectivity index (χ0) is 42.9. The zero-order valence-corrected chi connectivity index (χ0v) is 35.6. The van der Waals surface area contributed by atoms with Crippen LogP contribution < -0.4 is 20.7 Å². The number of carbonyl (C=O) groups excluding carboxylic acids is 2. The van der Waals surface area contributed by atoms with Crippen LogP contribution in [0.3, 0.4) is 0 Å². The van der Waals surface area contributed by atoms with Crippen LogP contribution in [0.5, 0.6) is 5.75 Å². The first-order valence-electron chi connectivity index (χ1n) is 20.9. The molecule has 4 atom stereocenters. The van der Waals surface area contributed by atoms with Gasteiger partial charge in [0.05, 0.1) is 35.9 Å². The number of amides is 2. The van der Waals surface area contributed by atoms with Crippen molar-refractivity contribution in [2.45, 2.75) is 57.5 Å². The van der Waals surface area contributed by atoms with Crippen molar-refractivity contribution in [2.24, 2.45) is 17.8 Å². The molecule has 4 N–H and O–H groups in total. The number of phenols is 1. The summed E-state index contributed by atoms with van der Waals surface area (Å²) >= 11 is 0. The topological polar surface area (TPSA) is 150 Å². The molecule has 0 spiro atoms. The summed E-state index contributed by atoms with van der Waals surface area (Å²) in [4.78, 5) is 35.1. The lowest BCUT2D eigenvalue weighted by molar-refractivity contribution is -0.122. The summed E-state index contributed by atoms with van der Waals surface area (Å²) in [7, 11) is -6.04. The molecule has 3 aliphatic rings. The molecule has 1 aromatic heterocycles. The molecule has 2 amide bonds. The van der Waals surface area contributed by atoms with Gasteiger partial charge in [0.1, 0.15) is 5.75 Å². The van der Waals surface area contributed by atoms with Gasteiger partial charge in [0, 0.05) is 6.20 Å². The fourth-order valence-corrected chi connectivity index (χ4v) is 14.4. The van der Waals surface area contributed by atoms with Crippen molar-refractivity contribution in [3.63, 3.8) is 0 Å². The van der Waals surface area contributed by atoms with E-state index in [1.807, 2.05) is 72.8 Å². The minimum atomic E-state index is -3.07. The maximum Gasteiger partial charge on any atom is 0.488 e. The number of carbonyl (C=O) groups is 2. The summed E-state index contributed by atoms with van der Waals surface area (Å²) in [5.74, 6) is -2.62. The summed E-state index contributed by atoms with van der Waals surface area (Å²) < 4.78 is 14.0. The molecular formula is C48H50B2N2O8Si. The van der Waals surface area contributed by atoms with Crippen molar-refractivity contribution in [1.29, 1.82) is 0 Å². The van der Waals surface area contributed by atoms with Gasteiger partial charge in [-0.1, -0.05) is 112 Å². The van der Waals surface area contributed by atoms with Gasteiger partial charge in [0.2, 0.25) is 11.8 Å². The third-order valence-electron chi connectivity index (χ3n) is 12.5. The van der Waals surface area contributed by atoms with Gasteiger partial charge in [-0.25, -0.2) is 0 Å². The molecule has 0 saturated carbocycles. The average molecular weight is 833 g/mol. The van der Waals surface area contributed by atoms with Gasteiger partial charge >= 0.3 is 14.2 Å². The number of rotatable bonds is 12. The third kappa shape index (κ3) is 8.34. The Kier molecular flexibility index (Phi) is 12.2. The van der Waals surface area contributed by atoms with Crippen LogP contribution >= 0.6 is 0 Å². The molecular weight excluding hydrogens is 782 g/mol. The van der Waals surface area contributed by atoms with Gasteiger partial charge in [-0.3, -0.25) is 19.5 Å². The maximum absolute atomic E-state index is 14.7. The molecule has 13 heteroatoms. The van der Waals surface area contributed by atoms with Crippen LogP contribution in [0.25, 0.3) is 11.6 Å². The maximum atomic E-state index is 14.7. The van der Waals surface area contributed by atoms with Crippen LogP contribution in [-0.4, -0.2) is 72.2 Å². The van der Waals surface area contributed by atoms with E-state index in [1.165, 1.54) is 17.0 Å². The SMILES string of the molecule is CC(C)(C)[Si](OCC1=C2[C@@H](CC/C(=C/c3ccc(O)cc3)c3ccccn3)OB(O)C[C@@H]2[C@@H]2C(=O)N(c3cccc(B(O)O)c3)C(=O)[C@@H]2C1)(c1ccccc1)c1ccccc1. The number of nitrogens with zero attached hydrogens (tertiary/aromatic N) is 2. The van der Waals surface area contributed by atoms with Crippen molar-refractivity contribution in [3.05, 3.63) is 156 Å². The molecule has 0 bridgehead atoms. The molecule has 4 aromatic carbocycles. The van der Waals surface area contributed by atoms with Gasteiger partial charge in [-0.15, -0.1) is 0 Å². The van der Waals surface area contributed by atoms with Crippen LogP contribution in [0.2, 0.25) is 11.4 Å². The quantitative estimate of drug-likeness (QED) is 0.0741. The Morgan fingerprint density at radius 2 is 1.56 bits per heavy atom. The molecule has 8 rings (SSSR count). The highest BCUT2D eigenvalue weighted by molar-refractivity contribution is 6.99. The number of allylic oxidation sites excluding steroid dienone is 1. The predicted molar refractivity (Wildman–Crippen MR) is 242 cm³/mol. The number of pyridine rings is 1. The number of fused-ring (bicyclic) bond motifs is 3. The largest absolute Gasteiger partial charge is 0.508 e. The molecule has 2 aliphatic heterocycles. The molecule has 310 valence electrons. The molecule has 3 heterocycles. The molecule has 61 heavy (non-hydrogen) atoms. The van der Waals surface area contributed by atoms with Gasteiger partial charge in [0.25, 0.3) is 8.32 Å². The van der Waals surface area contributed by atoms with Crippen LogP contribution in [0.1, 0.15) is 51.3 Å². The fraction of sp³-hybridized carbons (Fsp3) is 0.271. The van der Waals surface area contributed by atoms with E-state index >= 15 is 0 Å². The number of phenolic OH excluding ortho intramolecular Hbond substituents is 1. The summed E-state index contributed by atoms with van der Waals surface area (Å²) in [6.45, 7) is 6.83. The summed E-state index contributed by atoms with van der Waals surface area (Å²) in [6.07, 6.45) is 4.46. The number of anilines is 1. The summed E-state index contributed by atoms with van der Waals surface area (Å²) in [6, 6.07) is 39.6. The van der Waals surface area contributed by atoms with E-state index < -0.39 is 46.4 Å². The number of aromatic hydroxyl groups is 1. The first-order chi connectivity index (χ1) is 29.4. The van der Waals surface area contributed by atoms with Crippen molar-refractivity contribution in [2.75, 3.05) is 11.5 Å². The lowest BCUT2D eigenvalue weighted by Gasteiger charge is -2.46. The van der Waals surface area contributed by atoms with E-state index in [2.05, 4.69) is 50.0 Å². The monoisotopic (exact) mass is 832 g/mol. The van der Waals surface area contributed by atoms with Crippen LogP contribution in [0.4, 0.5) is 5.69 Å². The van der Waals surface area contributed by atoms with Crippen LogP contribution in [-0.2, 0) is 18.7 Å². The number of hydrogen-bond donors (Lipinski definition) is 4. The third-order valence-corrected chi connectivity index (χ3v) is 17.5. The van der Waals surface area contributed by atoms with E-state index in [1.54, 1.807) is 30.5 Å². The zero-order valence-electron chi connectivity index (χ0n) is 34.6. The highest BCUT2D eigenvalue weighted by Gasteiger charge is 2.58. The van der Waals surface area contributed by atoms with E-state index in [0.717, 1.165) is 38.4 Å². The van der Waals surface area contributed by atoms with E-state index in [0.29, 0.717) is 12.8 Å². The molecule has 1 aliphatic carbocycles. The Balaban J connectivity index is 1.23. The molecule has 2 saturated heterocycles. The second-order valence-corrected chi connectivity index (χ2v) is 21.6. The fourth-order valence-electron chi connectivity index (χ4n) is 9.82. The Hall–Kier alpha value is -5.40. The highest BCUT2D eigenvalue weighted by Crippen LogP contribution is 2.52. The van der Waals surface area contributed by atoms with E-state index in [4.69, 9.17) is 9.08 Å². The number of aromatic nitrogens is 1. The van der Waals surface area contributed by atoms with Crippen molar-refractivity contribution < 1.29 is 38.8 Å². The average Bonchev–Trinajstić information content (AvgIpc) is 3.51. The lowest BCUT2D eigenvalue weighted by atomic mass is 9.58.